The number of aromatic nitrogens is 2. The molecule has 0 N–H and O–H groups in total. The van der Waals surface area contributed by atoms with Gasteiger partial charge in [0.05, 0.1) is 22.4 Å². The number of pyridine rings is 1. The predicted octanol–water partition coefficient (Wildman–Crippen LogP) is 13.4. The highest BCUT2D eigenvalue weighted by atomic mass is 16.3. The summed E-state index contributed by atoms with van der Waals surface area (Å²) in [6, 6.07) is 64.9. The van der Waals surface area contributed by atoms with Crippen LogP contribution in [0.25, 0.3) is 105 Å². The minimum absolute atomic E-state index is 0.880. The van der Waals surface area contributed by atoms with E-state index < -0.39 is 0 Å². The number of hydrogen-bond acceptors (Lipinski definition) is 2. The van der Waals surface area contributed by atoms with Crippen molar-refractivity contribution in [3.8, 4) is 39.3 Å². The predicted molar refractivity (Wildman–Crippen MR) is 217 cm³/mol. The summed E-state index contributed by atoms with van der Waals surface area (Å²) in [5, 5.41) is 9.26. The largest absolute Gasteiger partial charge is 0.456 e. The van der Waals surface area contributed by atoms with Gasteiger partial charge in [-0.25, -0.2) is 4.98 Å². The maximum atomic E-state index is 6.52. The fraction of sp³-hybridized carbons (Fsp3) is 0. The maximum absolute atomic E-state index is 6.52. The van der Waals surface area contributed by atoms with Gasteiger partial charge in [-0.1, -0.05) is 121 Å². The first-order valence-electron chi connectivity index (χ1n) is 17.7. The molecule has 0 fully saturated rings. The molecule has 3 nitrogen and oxygen atoms in total. The Morgan fingerprint density at radius 2 is 1.04 bits per heavy atom. The molecule has 0 saturated carbocycles. The Hall–Kier alpha value is -6.97. The van der Waals surface area contributed by atoms with E-state index in [-0.39, 0.29) is 0 Å². The van der Waals surface area contributed by atoms with Gasteiger partial charge in [-0.15, -0.1) is 0 Å². The van der Waals surface area contributed by atoms with Crippen LogP contribution in [0.1, 0.15) is 0 Å². The average Bonchev–Trinajstić information content (AvgIpc) is 3.75. The maximum Gasteiger partial charge on any atom is 0.136 e. The second-order valence-corrected chi connectivity index (χ2v) is 13.6. The quantitative estimate of drug-likeness (QED) is 0.188. The van der Waals surface area contributed by atoms with Crippen molar-refractivity contribution in [2.45, 2.75) is 0 Å². The summed E-state index contributed by atoms with van der Waals surface area (Å²) in [7, 11) is 0. The molecule has 8 aromatic carbocycles. The summed E-state index contributed by atoms with van der Waals surface area (Å²) in [6.45, 7) is 0. The van der Waals surface area contributed by atoms with Gasteiger partial charge in [-0.05, 0) is 87.9 Å². The van der Waals surface area contributed by atoms with E-state index in [0.717, 1.165) is 66.4 Å². The molecule has 0 spiro atoms. The van der Waals surface area contributed by atoms with E-state index in [1.54, 1.807) is 0 Å². The molecule has 0 bridgehead atoms. The van der Waals surface area contributed by atoms with E-state index in [2.05, 4.69) is 187 Å². The number of benzene rings is 8. The summed E-state index contributed by atoms with van der Waals surface area (Å²) >= 11 is 0. The molecule has 242 valence electrons. The summed E-state index contributed by atoms with van der Waals surface area (Å²) in [4.78, 5) is 5.42. The van der Waals surface area contributed by atoms with Crippen molar-refractivity contribution in [2.75, 3.05) is 0 Å². The molecular formula is C49H30N2O. The number of hydrogen-bond donors (Lipinski definition) is 0. The summed E-state index contributed by atoms with van der Waals surface area (Å²) in [5.74, 6) is 0. The molecule has 0 radical (unpaired) electrons. The van der Waals surface area contributed by atoms with Crippen molar-refractivity contribution in [3.05, 3.63) is 182 Å². The molecule has 3 aromatic heterocycles. The Kier molecular flexibility index (Phi) is 6.25. The molecule has 0 atom stereocenters. The van der Waals surface area contributed by atoms with Crippen molar-refractivity contribution in [1.82, 2.24) is 9.55 Å². The molecular weight excluding hydrogens is 633 g/mol. The van der Waals surface area contributed by atoms with Crippen LogP contribution in [0.2, 0.25) is 0 Å². The Bertz CT molecular complexity index is 3150. The zero-order valence-electron chi connectivity index (χ0n) is 28.1. The van der Waals surface area contributed by atoms with Crippen molar-refractivity contribution in [1.29, 1.82) is 0 Å². The highest BCUT2D eigenvalue weighted by molar-refractivity contribution is 6.23. The van der Waals surface area contributed by atoms with E-state index in [9.17, 15) is 0 Å². The van der Waals surface area contributed by atoms with Gasteiger partial charge >= 0.3 is 0 Å². The second-order valence-electron chi connectivity index (χ2n) is 13.6. The van der Waals surface area contributed by atoms with Crippen LogP contribution in [0, 0.1) is 0 Å². The molecule has 0 aliphatic carbocycles. The number of rotatable bonds is 4. The lowest BCUT2D eigenvalue weighted by Gasteiger charge is -2.12. The third-order valence-corrected chi connectivity index (χ3v) is 10.6. The minimum Gasteiger partial charge on any atom is -0.456 e. The zero-order chi connectivity index (χ0) is 34.2. The molecule has 0 aliphatic rings. The van der Waals surface area contributed by atoms with Crippen LogP contribution in [0.4, 0.5) is 0 Å². The van der Waals surface area contributed by atoms with E-state index in [1.165, 1.54) is 38.2 Å². The first kappa shape index (κ1) is 28.8. The summed E-state index contributed by atoms with van der Waals surface area (Å²) in [5.41, 5.74) is 11.7. The minimum atomic E-state index is 0.880. The first-order chi connectivity index (χ1) is 25.8. The standard InChI is InChI=1S/C49H30N2O/c1-3-11-31(12-4-1)32-19-22-37(23-20-32)51-44-18-10-9-17-38(44)40-28-36(21-25-45(40)51)43-30-41-39(49(50-43)33-13-5-2-6-14-33)24-26-46-48(41)42-27-34-15-7-8-16-35(34)29-47(42)52-46/h1-30H. The lowest BCUT2D eigenvalue weighted by atomic mass is 9.96. The molecule has 0 unspecified atom stereocenters. The number of fused-ring (bicyclic) bond motifs is 9. The number of nitrogens with zero attached hydrogens (tertiary/aromatic N) is 2. The van der Waals surface area contributed by atoms with Crippen LogP contribution in [-0.4, -0.2) is 9.55 Å². The Labute approximate surface area is 299 Å². The molecule has 0 saturated heterocycles. The van der Waals surface area contributed by atoms with E-state index in [0.29, 0.717) is 0 Å². The van der Waals surface area contributed by atoms with Crippen LogP contribution in [0.15, 0.2) is 186 Å². The monoisotopic (exact) mass is 662 g/mol. The van der Waals surface area contributed by atoms with Crippen molar-refractivity contribution in [2.24, 2.45) is 0 Å². The molecule has 52 heavy (non-hydrogen) atoms. The second kappa shape index (κ2) is 11.3. The zero-order valence-corrected chi connectivity index (χ0v) is 28.1. The highest BCUT2D eigenvalue weighted by Gasteiger charge is 2.19. The van der Waals surface area contributed by atoms with Gasteiger partial charge in [-0.2, -0.15) is 0 Å². The molecule has 11 aromatic rings. The van der Waals surface area contributed by atoms with Crippen LogP contribution in [-0.2, 0) is 0 Å². The Balaban J connectivity index is 1.14. The number of para-hydroxylation sites is 1. The topological polar surface area (TPSA) is 31.0 Å². The van der Waals surface area contributed by atoms with Crippen molar-refractivity contribution in [3.63, 3.8) is 0 Å². The fourth-order valence-electron chi connectivity index (χ4n) is 8.09. The lowest BCUT2D eigenvalue weighted by molar-refractivity contribution is 0.670. The normalized spacial score (nSPS) is 11.8. The van der Waals surface area contributed by atoms with Gasteiger partial charge < -0.3 is 8.98 Å². The molecule has 3 heterocycles. The van der Waals surface area contributed by atoms with Crippen molar-refractivity contribution < 1.29 is 4.42 Å². The van der Waals surface area contributed by atoms with Crippen molar-refractivity contribution >= 4 is 65.3 Å². The van der Waals surface area contributed by atoms with Gasteiger partial charge in [0.1, 0.15) is 11.2 Å². The van der Waals surface area contributed by atoms with Crippen LogP contribution < -0.4 is 0 Å². The van der Waals surface area contributed by atoms with Crippen LogP contribution in [0.5, 0.6) is 0 Å². The van der Waals surface area contributed by atoms with Gasteiger partial charge in [0.15, 0.2) is 0 Å². The van der Waals surface area contributed by atoms with E-state index in [1.807, 2.05) is 0 Å². The third kappa shape index (κ3) is 4.43. The average molecular weight is 663 g/mol. The lowest BCUT2D eigenvalue weighted by Crippen LogP contribution is -1.94. The summed E-state index contributed by atoms with van der Waals surface area (Å²) in [6.07, 6.45) is 0. The summed E-state index contributed by atoms with van der Waals surface area (Å²) < 4.78 is 8.89. The fourth-order valence-corrected chi connectivity index (χ4v) is 8.09. The number of furan rings is 1. The van der Waals surface area contributed by atoms with Gasteiger partial charge in [-0.3, -0.25) is 0 Å². The smallest absolute Gasteiger partial charge is 0.136 e. The van der Waals surface area contributed by atoms with Gasteiger partial charge in [0.2, 0.25) is 0 Å². The van der Waals surface area contributed by atoms with Gasteiger partial charge in [0, 0.05) is 43.7 Å². The first-order valence-corrected chi connectivity index (χ1v) is 17.7. The van der Waals surface area contributed by atoms with E-state index >= 15 is 0 Å². The highest BCUT2D eigenvalue weighted by Crippen LogP contribution is 2.42. The Morgan fingerprint density at radius 3 is 1.85 bits per heavy atom. The van der Waals surface area contributed by atoms with Crippen LogP contribution >= 0.6 is 0 Å². The molecule has 3 heteroatoms. The third-order valence-electron chi connectivity index (χ3n) is 10.6. The van der Waals surface area contributed by atoms with Gasteiger partial charge in [0.25, 0.3) is 0 Å². The van der Waals surface area contributed by atoms with E-state index in [4.69, 9.17) is 9.40 Å². The molecule has 0 aliphatic heterocycles. The molecule has 11 rings (SSSR count). The van der Waals surface area contributed by atoms with Crippen LogP contribution in [0.3, 0.4) is 0 Å². The Morgan fingerprint density at radius 1 is 0.385 bits per heavy atom. The SMILES string of the molecule is c1ccc(-c2ccc(-n3c4ccccc4c4cc(-c5cc6c(ccc7oc8cc9ccccc9cc8c76)c(-c6ccccc6)n5)ccc43)cc2)cc1. The molecule has 0 amide bonds.